The van der Waals surface area contributed by atoms with Crippen LogP contribution in [0.15, 0.2) is 65.7 Å². The summed E-state index contributed by atoms with van der Waals surface area (Å²) in [7, 11) is 0. The zero-order chi connectivity index (χ0) is 23.1. The zero-order valence-electron chi connectivity index (χ0n) is 18.0. The summed E-state index contributed by atoms with van der Waals surface area (Å²) in [5, 5.41) is 3.56. The molecule has 7 heteroatoms. The molecule has 1 aliphatic rings. The molecule has 5 rings (SSSR count). The monoisotopic (exact) mass is 449 g/mol. The number of hydrogen-bond acceptors (Lipinski definition) is 3. The van der Waals surface area contributed by atoms with Crippen molar-refractivity contribution in [2.75, 3.05) is 0 Å². The summed E-state index contributed by atoms with van der Waals surface area (Å²) in [5.74, 6) is -2.17. The molecule has 1 fully saturated rings. The van der Waals surface area contributed by atoms with Crippen molar-refractivity contribution in [1.82, 2.24) is 14.9 Å². The van der Waals surface area contributed by atoms with Gasteiger partial charge in [0.25, 0.3) is 5.56 Å². The molecule has 2 heterocycles. The van der Waals surface area contributed by atoms with E-state index in [4.69, 9.17) is 0 Å². The molecule has 0 unspecified atom stereocenters. The van der Waals surface area contributed by atoms with E-state index in [0.717, 1.165) is 24.5 Å². The van der Waals surface area contributed by atoms with E-state index in [1.54, 1.807) is 31.3 Å². The van der Waals surface area contributed by atoms with Gasteiger partial charge in [-0.3, -0.25) is 14.3 Å². The van der Waals surface area contributed by atoms with Gasteiger partial charge in [0.05, 0.1) is 17.3 Å². The lowest BCUT2D eigenvalue weighted by atomic mass is 9.99. The second kappa shape index (κ2) is 8.48. The Morgan fingerprint density at radius 3 is 2.64 bits per heavy atom. The van der Waals surface area contributed by atoms with Crippen LogP contribution in [-0.2, 0) is 6.54 Å². The SMILES string of the molecule is Cc1c(CN[C@H](c2cccc(F)c2)C2CC2)c2ccc(F)c(F)c2c(=O)n1-c1cccnc1. The number of rotatable bonds is 6. The third-order valence-electron chi connectivity index (χ3n) is 6.31. The molecule has 1 aliphatic carbocycles. The lowest BCUT2D eigenvalue weighted by Crippen LogP contribution is -2.28. The number of nitrogens with zero attached hydrogens (tertiary/aromatic N) is 2. The van der Waals surface area contributed by atoms with Crippen LogP contribution in [0.1, 0.15) is 35.7 Å². The van der Waals surface area contributed by atoms with Crippen LogP contribution in [0.25, 0.3) is 16.5 Å². The van der Waals surface area contributed by atoms with E-state index in [1.165, 1.54) is 29.0 Å². The largest absolute Gasteiger partial charge is 0.306 e. The topological polar surface area (TPSA) is 46.9 Å². The van der Waals surface area contributed by atoms with Gasteiger partial charge in [-0.15, -0.1) is 0 Å². The maximum absolute atomic E-state index is 14.8. The first-order chi connectivity index (χ1) is 16.0. The normalized spacial score (nSPS) is 14.5. The predicted octanol–water partition coefficient (Wildman–Crippen LogP) is 5.35. The minimum Gasteiger partial charge on any atom is -0.306 e. The van der Waals surface area contributed by atoms with E-state index < -0.39 is 17.2 Å². The van der Waals surface area contributed by atoms with Crippen LogP contribution in [0.2, 0.25) is 0 Å². The second-order valence-electron chi connectivity index (χ2n) is 8.45. The van der Waals surface area contributed by atoms with Crippen molar-refractivity contribution < 1.29 is 13.2 Å². The summed E-state index contributed by atoms with van der Waals surface area (Å²) >= 11 is 0. The van der Waals surface area contributed by atoms with Gasteiger partial charge in [0.2, 0.25) is 0 Å². The van der Waals surface area contributed by atoms with Crippen LogP contribution in [0.5, 0.6) is 0 Å². The number of nitrogens with one attached hydrogen (secondary N) is 1. The second-order valence-corrected chi connectivity index (χ2v) is 8.45. The Balaban J connectivity index is 1.64. The molecule has 2 aromatic heterocycles. The quantitative estimate of drug-likeness (QED) is 0.432. The highest BCUT2D eigenvalue weighted by Crippen LogP contribution is 2.41. The van der Waals surface area contributed by atoms with Crippen LogP contribution in [0.3, 0.4) is 0 Å². The lowest BCUT2D eigenvalue weighted by Gasteiger charge is -2.22. The fourth-order valence-corrected chi connectivity index (χ4v) is 4.52. The van der Waals surface area contributed by atoms with E-state index in [-0.39, 0.29) is 17.2 Å². The van der Waals surface area contributed by atoms with E-state index in [2.05, 4.69) is 10.3 Å². The molecule has 0 saturated heterocycles. The molecule has 0 aliphatic heterocycles. The predicted molar refractivity (Wildman–Crippen MR) is 121 cm³/mol. The van der Waals surface area contributed by atoms with Crippen molar-refractivity contribution in [3.63, 3.8) is 0 Å². The highest BCUT2D eigenvalue weighted by atomic mass is 19.2. The van der Waals surface area contributed by atoms with Gasteiger partial charge in [-0.05, 0) is 72.5 Å². The molecule has 4 nitrogen and oxygen atoms in total. The highest BCUT2D eigenvalue weighted by molar-refractivity contribution is 5.86. The Labute approximate surface area is 188 Å². The Morgan fingerprint density at radius 2 is 1.94 bits per heavy atom. The van der Waals surface area contributed by atoms with E-state index in [0.29, 0.717) is 34.8 Å². The van der Waals surface area contributed by atoms with Crippen molar-refractivity contribution >= 4 is 10.8 Å². The third kappa shape index (κ3) is 3.93. The number of pyridine rings is 2. The van der Waals surface area contributed by atoms with Gasteiger partial charge < -0.3 is 5.32 Å². The fraction of sp³-hybridized carbons (Fsp3) is 0.231. The molecular weight excluding hydrogens is 427 g/mol. The van der Waals surface area contributed by atoms with Crippen LogP contribution >= 0.6 is 0 Å². The summed E-state index contributed by atoms with van der Waals surface area (Å²) in [5.41, 5.74) is 1.95. The van der Waals surface area contributed by atoms with Crippen LogP contribution in [-0.4, -0.2) is 9.55 Å². The molecule has 0 amide bonds. The zero-order valence-corrected chi connectivity index (χ0v) is 18.0. The van der Waals surface area contributed by atoms with Gasteiger partial charge in [0.1, 0.15) is 5.82 Å². The number of hydrogen-bond donors (Lipinski definition) is 1. The molecule has 168 valence electrons. The fourth-order valence-electron chi connectivity index (χ4n) is 4.52. The summed E-state index contributed by atoms with van der Waals surface area (Å²) in [6.07, 6.45) is 5.15. The number of benzene rings is 2. The highest BCUT2D eigenvalue weighted by Gasteiger charge is 2.32. The first-order valence-corrected chi connectivity index (χ1v) is 10.9. The van der Waals surface area contributed by atoms with Crippen molar-refractivity contribution in [2.45, 2.75) is 32.4 Å². The number of halogens is 3. The van der Waals surface area contributed by atoms with Crippen LogP contribution in [0, 0.1) is 30.3 Å². The van der Waals surface area contributed by atoms with Gasteiger partial charge in [-0.1, -0.05) is 18.2 Å². The average Bonchev–Trinajstić information content (AvgIpc) is 3.64. The Kier molecular flexibility index (Phi) is 5.50. The average molecular weight is 449 g/mol. The van der Waals surface area contributed by atoms with Crippen LogP contribution < -0.4 is 10.9 Å². The molecule has 0 spiro atoms. The summed E-state index contributed by atoms with van der Waals surface area (Å²) < 4.78 is 44.2. The van der Waals surface area contributed by atoms with Gasteiger partial charge in [0, 0.05) is 24.5 Å². The molecule has 4 aromatic rings. The molecule has 33 heavy (non-hydrogen) atoms. The molecule has 2 aromatic carbocycles. The van der Waals surface area contributed by atoms with Gasteiger partial charge in [-0.2, -0.15) is 0 Å². The summed E-state index contributed by atoms with van der Waals surface area (Å²) in [4.78, 5) is 17.3. The maximum Gasteiger partial charge on any atom is 0.266 e. The number of aromatic nitrogens is 2. The minimum atomic E-state index is -1.17. The summed E-state index contributed by atoms with van der Waals surface area (Å²) in [6, 6.07) is 12.3. The maximum atomic E-state index is 14.8. The van der Waals surface area contributed by atoms with Crippen molar-refractivity contribution in [3.05, 3.63) is 106 Å². The Morgan fingerprint density at radius 1 is 1.12 bits per heavy atom. The first kappa shape index (κ1) is 21.4. The van der Waals surface area contributed by atoms with Crippen molar-refractivity contribution in [2.24, 2.45) is 5.92 Å². The van der Waals surface area contributed by atoms with E-state index >= 15 is 0 Å². The lowest BCUT2D eigenvalue weighted by molar-refractivity contribution is 0.476. The molecule has 0 bridgehead atoms. The first-order valence-electron chi connectivity index (χ1n) is 10.9. The molecule has 1 saturated carbocycles. The Bertz CT molecular complexity index is 1400. The van der Waals surface area contributed by atoms with Gasteiger partial charge in [0.15, 0.2) is 11.6 Å². The Hall–Kier alpha value is -3.45. The molecule has 1 N–H and O–H groups in total. The van der Waals surface area contributed by atoms with Gasteiger partial charge in [-0.25, -0.2) is 13.2 Å². The third-order valence-corrected chi connectivity index (χ3v) is 6.31. The van der Waals surface area contributed by atoms with E-state index in [9.17, 15) is 18.0 Å². The minimum absolute atomic E-state index is 0.0841. The number of fused-ring (bicyclic) bond motifs is 1. The standard InChI is InChI=1S/C26H22F3N3O/c1-15-21(14-31-25(16-7-8-16)17-4-2-5-18(27)12-17)20-9-10-22(28)24(29)23(20)26(33)32(15)19-6-3-11-30-13-19/h2-6,9-13,16,25,31H,7-8,14H2,1H3/t25-/m0/s1. The van der Waals surface area contributed by atoms with E-state index in [1.807, 2.05) is 6.07 Å². The van der Waals surface area contributed by atoms with Crippen molar-refractivity contribution in [3.8, 4) is 5.69 Å². The molecular formula is C26H22F3N3O. The summed E-state index contributed by atoms with van der Waals surface area (Å²) in [6.45, 7) is 2.08. The molecule has 1 atom stereocenters. The smallest absolute Gasteiger partial charge is 0.266 e. The van der Waals surface area contributed by atoms with Crippen LogP contribution in [0.4, 0.5) is 13.2 Å². The van der Waals surface area contributed by atoms with Crippen molar-refractivity contribution in [1.29, 1.82) is 0 Å². The van der Waals surface area contributed by atoms with Gasteiger partial charge >= 0.3 is 0 Å². The molecule has 0 radical (unpaired) electrons.